The molecular formula is C17H23ClN4. The summed E-state index contributed by atoms with van der Waals surface area (Å²) in [6.45, 7) is 5.81. The Morgan fingerprint density at radius 1 is 1.14 bits per heavy atom. The highest BCUT2D eigenvalue weighted by Gasteiger charge is 2.40. The van der Waals surface area contributed by atoms with Gasteiger partial charge in [-0.05, 0) is 49.5 Å². The third kappa shape index (κ3) is 2.91. The van der Waals surface area contributed by atoms with Crippen LogP contribution in [0.2, 0.25) is 0 Å². The molecule has 2 saturated heterocycles. The number of likely N-dealkylation sites (tertiary alicyclic amines) is 1. The molecule has 0 radical (unpaired) electrons. The molecule has 1 N–H and O–H groups in total. The van der Waals surface area contributed by atoms with Crippen LogP contribution in [0.4, 0.5) is 0 Å². The number of aromatic nitrogens is 2. The molecule has 5 heteroatoms. The largest absolute Gasteiger partial charge is 0.316 e. The van der Waals surface area contributed by atoms with E-state index < -0.39 is 0 Å². The van der Waals surface area contributed by atoms with Crippen LogP contribution in [0.1, 0.15) is 18.5 Å². The molecule has 1 aromatic heterocycles. The second kappa shape index (κ2) is 6.41. The van der Waals surface area contributed by atoms with Crippen LogP contribution in [0.5, 0.6) is 0 Å². The van der Waals surface area contributed by atoms with Crippen LogP contribution in [-0.4, -0.2) is 40.9 Å². The van der Waals surface area contributed by atoms with Gasteiger partial charge >= 0.3 is 0 Å². The summed E-state index contributed by atoms with van der Waals surface area (Å²) in [6.07, 6.45) is 4.58. The van der Waals surface area contributed by atoms with E-state index >= 15 is 0 Å². The van der Waals surface area contributed by atoms with E-state index in [9.17, 15) is 0 Å². The Bertz CT molecular complexity index is 604. The first-order valence-corrected chi connectivity index (χ1v) is 7.86. The van der Waals surface area contributed by atoms with Crippen LogP contribution in [0.25, 0.3) is 5.69 Å². The minimum atomic E-state index is 0. The molecule has 1 atom stereocenters. The second-order valence-electron chi connectivity index (χ2n) is 6.46. The Kier molecular flexibility index (Phi) is 4.52. The molecule has 118 valence electrons. The molecule has 4 nitrogen and oxygen atoms in total. The lowest BCUT2D eigenvalue weighted by atomic mass is 9.87. The fourth-order valence-electron chi connectivity index (χ4n) is 3.79. The van der Waals surface area contributed by atoms with Gasteiger partial charge in [0.05, 0.1) is 11.4 Å². The molecule has 2 aromatic rings. The summed E-state index contributed by atoms with van der Waals surface area (Å²) in [5, 5.41) is 8.02. The molecule has 1 unspecified atom stereocenters. The standard InChI is InChI=1S/C17H22N4.ClH/c1-2-4-15(5-3-1)21-16(6-9-19-21)12-20-11-8-17(14-20)7-10-18-13-17;/h1-6,9,18H,7-8,10-14H2;1H. The monoisotopic (exact) mass is 318 g/mol. The molecule has 2 aliphatic rings. The Morgan fingerprint density at radius 3 is 2.77 bits per heavy atom. The number of hydrogen-bond donors (Lipinski definition) is 1. The fourth-order valence-corrected chi connectivity index (χ4v) is 3.79. The molecule has 1 aromatic carbocycles. The third-order valence-corrected chi connectivity index (χ3v) is 4.96. The van der Waals surface area contributed by atoms with Gasteiger partial charge in [0, 0.05) is 25.8 Å². The number of para-hydroxylation sites is 1. The van der Waals surface area contributed by atoms with Crippen LogP contribution >= 0.6 is 12.4 Å². The Labute approximate surface area is 137 Å². The number of nitrogens with one attached hydrogen (secondary N) is 1. The fraction of sp³-hybridized carbons (Fsp3) is 0.471. The maximum Gasteiger partial charge on any atom is 0.0649 e. The quantitative estimate of drug-likeness (QED) is 0.944. The van der Waals surface area contributed by atoms with E-state index in [2.05, 4.69) is 50.3 Å². The van der Waals surface area contributed by atoms with Gasteiger partial charge in [-0.25, -0.2) is 4.68 Å². The zero-order valence-corrected chi connectivity index (χ0v) is 13.6. The summed E-state index contributed by atoms with van der Waals surface area (Å²) in [4.78, 5) is 2.59. The minimum Gasteiger partial charge on any atom is -0.316 e. The molecule has 2 aliphatic heterocycles. The number of halogens is 1. The van der Waals surface area contributed by atoms with Crippen molar-refractivity contribution < 1.29 is 0 Å². The summed E-state index contributed by atoms with van der Waals surface area (Å²) in [6, 6.07) is 12.5. The summed E-state index contributed by atoms with van der Waals surface area (Å²) in [7, 11) is 0. The van der Waals surface area contributed by atoms with Gasteiger partial charge in [0.15, 0.2) is 0 Å². The van der Waals surface area contributed by atoms with E-state index in [1.54, 1.807) is 0 Å². The van der Waals surface area contributed by atoms with Gasteiger partial charge in [0.25, 0.3) is 0 Å². The highest BCUT2D eigenvalue weighted by Crippen LogP contribution is 2.36. The zero-order chi connectivity index (χ0) is 14.1. The number of nitrogens with zero attached hydrogens (tertiary/aromatic N) is 3. The number of rotatable bonds is 3. The van der Waals surface area contributed by atoms with E-state index in [-0.39, 0.29) is 12.4 Å². The van der Waals surface area contributed by atoms with Crippen LogP contribution in [0, 0.1) is 5.41 Å². The van der Waals surface area contributed by atoms with E-state index in [4.69, 9.17) is 0 Å². The van der Waals surface area contributed by atoms with Crippen molar-refractivity contribution in [2.45, 2.75) is 19.4 Å². The molecule has 0 bridgehead atoms. The van der Waals surface area contributed by atoms with Crippen molar-refractivity contribution in [2.75, 3.05) is 26.2 Å². The average molecular weight is 319 g/mol. The first-order chi connectivity index (χ1) is 10.3. The maximum atomic E-state index is 4.50. The first kappa shape index (κ1) is 15.5. The van der Waals surface area contributed by atoms with Crippen molar-refractivity contribution in [3.05, 3.63) is 48.3 Å². The predicted molar refractivity (Wildman–Crippen MR) is 90.6 cm³/mol. The Hall–Kier alpha value is -1.36. The van der Waals surface area contributed by atoms with Gasteiger partial charge in [0.1, 0.15) is 0 Å². The zero-order valence-electron chi connectivity index (χ0n) is 12.7. The summed E-state index contributed by atoms with van der Waals surface area (Å²) < 4.78 is 2.07. The molecule has 0 amide bonds. The Balaban J connectivity index is 0.00000144. The van der Waals surface area contributed by atoms with E-state index in [1.165, 1.54) is 44.7 Å². The SMILES string of the molecule is Cl.c1ccc(-n2nccc2CN2CCC3(CCNC3)C2)cc1. The maximum absolute atomic E-state index is 4.50. The molecule has 2 fully saturated rings. The smallest absolute Gasteiger partial charge is 0.0649 e. The highest BCUT2D eigenvalue weighted by molar-refractivity contribution is 5.85. The number of hydrogen-bond acceptors (Lipinski definition) is 3. The van der Waals surface area contributed by atoms with Crippen LogP contribution in [-0.2, 0) is 6.54 Å². The van der Waals surface area contributed by atoms with Crippen molar-refractivity contribution >= 4 is 12.4 Å². The van der Waals surface area contributed by atoms with Crippen molar-refractivity contribution in [3.63, 3.8) is 0 Å². The van der Waals surface area contributed by atoms with Crippen molar-refractivity contribution in [1.82, 2.24) is 20.0 Å². The molecular weight excluding hydrogens is 296 g/mol. The number of benzene rings is 1. The van der Waals surface area contributed by atoms with Crippen LogP contribution < -0.4 is 5.32 Å². The van der Waals surface area contributed by atoms with E-state index in [1.807, 2.05) is 12.3 Å². The third-order valence-electron chi connectivity index (χ3n) is 4.96. The van der Waals surface area contributed by atoms with Crippen molar-refractivity contribution in [2.24, 2.45) is 5.41 Å². The van der Waals surface area contributed by atoms with Gasteiger partial charge < -0.3 is 5.32 Å². The molecule has 22 heavy (non-hydrogen) atoms. The van der Waals surface area contributed by atoms with Gasteiger partial charge in [-0.1, -0.05) is 18.2 Å². The molecule has 4 rings (SSSR count). The average Bonchev–Trinajstić information content (AvgIpc) is 3.24. The van der Waals surface area contributed by atoms with Crippen molar-refractivity contribution in [3.8, 4) is 5.69 Å². The van der Waals surface area contributed by atoms with Crippen LogP contribution in [0.3, 0.4) is 0 Å². The lowest BCUT2D eigenvalue weighted by Gasteiger charge is -2.23. The normalized spacial score (nSPS) is 24.7. The Morgan fingerprint density at radius 2 is 2.00 bits per heavy atom. The van der Waals surface area contributed by atoms with E-state index in [0.717, 1.165) is 12.2 Å². The topological polar surface area (TPSA) is 33.1 Å². The van der Waals surface area contributed by atoms with Gasteiger partial charge in [0.2, 0.25) is 0 Å². The lowest BCUT2D eigenvalue weighted by molar-refractivity contribution is 0.265. The summed E-state index contributed by atoms with van der Waals surface area (Å²) in [5.74, 6) is 0. The lowest BCUT2D eigenvalue weighted by Crippen LogP contribution is -2.29. The van der Waals surface area contributed by atoms with E-state index in [0.29, 0.717) is 5.41 Å². The molecule has 1 spiro atoms. The molecule has 3 heterocycles. The minimum absolute atomic E-state index is 0. The predicted octanol–water partition coefficient (Wildman–Crippen LogP) is 2.48. The second-order valence-corrected chi connectivity index (χ2v) is 6.46. The molecule has 0 saturated carbocycles. The summed E-state index contributed by atoms with van der Waals surface area (Å²) in [5.41, 5.74) is 2.97. The molecule has 0 aliphatic carbocycles. The van der Waals surface area contributed by atoms with Gasteiger partial charge in [-0.15, -0.1) is 12.4 Å². The highest BCUT2D eigenvalue weighted by atomic mass is 35.5. The van der Waals surface area contributed by atoms with Crippen LogP contribution in [0.15, 0.2) is 42.6 Å². The summed E-state index contributed by atoms with van der Waals surface area (Å²) >= 11 is 0. The van der Waals surface area contributed by atoms with Gasteiger partial charge in [-0.3, -0.25) is 4.90 Å². The first-order valence-electron chi connectivity index (χ1n) is 7.86. The van der Waals surface area contributed by atoms with Crippen molar-refractivity contribution in [1.29, 1.82) is 0 Å². The van der Waals surface area contributed by atoms with Gasteiger partial charge in [-0.2, -0.15) is 5.10 Å².